The zero-order valence-electron chi connectivity index (χ0n) is 8.89. The van der Waals surface area contributed by atoms with E-state index in [1.807, 2.05) is 0 Å². The van der Waals surface area contributed by atoms with Crippen molar-refractivity contribution in [3.05, 3.63) is 13.8 Å². The van der Waals surface area contributed by atoms with E-state index >= 15 is 0 Å². The van der Waals surface area contributed by atoms with E-state index in [2.05, 4.69) is 41.0 Å². The van der Waals surface area contributed by atoms with Crippen LogP contribution in [0, 0.1) is 31.6 Å². The van der Waals surface area contributed by atoms with Crippen LogP contribution in [0.2, 0.25) is 0 Å². The van der Waals surface area contributed by atoms with Gasteiger partial charge in [0.2, 0.25) is 0 Å². The smallest absolute Gasteiger partial charge is 0 e. The fourth-order valence-electron chi connectivity index (χ4n) is 1.54. The van der Waals surface area contributed by atoms with Gasteiger partial charge in [-0.3, -0.25) is 0 Å². The molecule has 0 bridgehead atoms. The minimum Gasteiger partial charge on any atom is -0.358 e. The van der Waals surface area contributed by atoms with Crippen LogP contribution < -0.4 is 0 Å². The van der Waals surface area contributed by atoms with E-state index < -0.39 is 0 Å². The van der Waals surface area contributed by atoms with Crippen LogP contribution in [-0.4, -0.2) is 0 Å². The molecule has 0 rings (SSSR count). The van der Waals surface area contributed by atoms with Crippen LogP contribution >= 0.6 is 0 Å². The van der Waals surface area contributed by atoms with Crippen LogP contribution in [0.3, 0.4) is 0 Å². The van der Waals surface area contributed by atoms with Crippen molar-refractivity contribution in [3.8, 4) is 0 Å². The Hall–Kier alpha value is 1.10. The summed E-state index contributed by atoms with van der Waals surface area (Å²) in [5, 5.41) is 0. The molecule has 0 nitrogen and oxygen atoms in total. The van der Waals surface area contributed by atoms with Gasteiger partial charge in [-0.1, -0.05) is 39.5 Å². The third-order valence-corrected chi connectivity index (χ3v) is 1.92. The molecule has 0 heterocycles. The van der Waals surface area contributed by atoms with E-state index in [0.717, 1.165) is 17.8 Å². The van der Waals surface area contributed by atoms with Crippen molar-refractivity contribution in [1.29, 1.82) is 0 Å². The van der Waals surface area contributed by atoms with E-state index in [9.17, 15) is 0 Å². The van der Waals surface area contributed by atoms with Crippen LogP contribution in [0.4, 0.5) is 0 Å². The van der Waals surface area contributed by atoms with Crippen LogP contribution in [0.1, 0.15) is 34.6 Å². The Morgan fingerprint density at radius 2 is 1.18 bits per heavy atom. The Labute approximate surface area is 98.4 Å². The molecule has 0 aromatic carbocycles. The molecule has 1 radical (unpaired) electrons. The fourth-order valence-corrected chi connectivity index (χ4v) is 1.54. The van der Waals surface area contributed by atoms with Crippen molar-refractivity contribution in [2.45, 2.75) is 34.6 Å². The molecule has 1 heteroatoms. The molecule has 11 heavy (non-hydrogen) atoms. The van der Waals surface area contributed by atoms with Crippen molar-refractivity contribution in [1.82, 2.24) is 0 Å². The normalized spacial score (nSPS) is 9.82. The largest absolute Gasteiger partial charge is 0.358 e. The Balaban J connectivity index is -0.000000320. The fraction of sp³-hybridized carbons (Fsp3) is 0.800. The molecule has 0 fully saturated rings. The monoisotopic (exact) mass is 231 g/mol. The zero-order valence-corrected chi connectivity index (χ0v) is 11.7. The second-order valence-corrected chi connectivity index (χ2v) is 3.40. The van der Waals surface area contributed by atoms with Gasteiger partial charge in [0.05, 0.1) is 0 Å². The van der Waals surface area contributed by atoms with Crippen molar-refractivity contribution in [2.75, 3.05) is 0 Å². The van der Waals surface area contributed by atoms with Gasteiger partial charge in [-0.05, 0) is 0 Å². The van der Waals surface area contributed by atoms with Gasteiger partial charge in [-0.25, -0.2) is 0 Å². The molecule has 0 aliphatic heterocycles. The second kappa shape index (κ2) is 9.19. The van der Waals surface area contributed by atoms with Crippen LogP contribution in [-0.2, 0) is 32.7 Å². The Kier molecular flexibility index (Phi) is 15.0. The molecule has 67 valence electrons. The van der Waals surface area contributed by atoms with E-state index in [-0.39, 0.29) is 40.1 Å². The van der Waals surface area contributed by atoms with Crippen molar-refractivity contribution in [2.24, 2.45) is 17.8 Å². The Bertz CT molecular complexity index is 59.3. The summed E-state index contributed by atoms with van der Waals surface area (Å²) in [7, 11) is 0. The summed E-state index contributed by atoms with van der Waals surface area (Å²) >= 11 is 0. The number of rotatable bonds is 3. The summed E-state index contributed by atoms with van der Waals surface area (Å²) in [4.78, 5) is 0. The predicted molar refractivity (Wildman–Crippen MR) is 49.6 cm³/mol. The van der Waals surface area contributed by atoms with Gasteiger partial charge < -0.3 is 13.8 Å². The minimum atomic E-state index is 0. The van der Waals surface area contributed by atoms with E-state index in [1.165, 1.54) is 0 Å². The summed E-state index contributed by atoms with van der Waals surface area (Å²) < 4.78 is 0. The molecular weight excluding hydrogens is 209 g/mol. The van der Waals surface area contributed by atoms with Crippen LogP contribution in [0.5, 0.6) is 0 Å². The first-order valence-corrected chi connectivity index (χ1v) is 3.89. The summed E-state index contributed by atoms with van der Waals surface area (Å²) in [6.45, 7) is 11.3. The van der Waals surface area contributed by atoms with Gasteiger partial charge in [0.25, 0.3) is 0 Å². The average Bonchev–Trinajstić information content (AvgIpc) is 1.64. The van der Waals surface area contributed by atoms with E-state index in [1.54, 1.807) is 0 Å². The van der Waals surface area contributed by atoms with Crippen LogP contribution in [0.25, 0.3) is 0 Å². The first-order valence-electron chi connectivity index (χ1n) is 3.89. The average molecular weight is 231 g/mol. The maximum Gasteiger partial charge on any atom is 0 e. The van der Waals surface area contributed by atoms with Crippen molar-refractivity contribution >= 4 is 0 Å². The van der Waals surface area contributed by atoms with E-state index in [4.69, 9.17) is 0 Å². The topological polar surface area (TPSA) is 0 Å². The minimum absolute atomic E-state index is 0. The first kappa shape index (κ1) is 18.0. The SMILES string of the molecule is C[CH-]C(C(C)C)C(C)C.[CH3-].[Y]. The van der Waals surface area contributed by atoms with E-state index in [0.29, 0.717) is 0 Å². The molecule has 0 atom stereocenters. The summed E-state index contributed by atoms with van der Waals surface area (Å²) in [5.41, 5.74) is 0. The molecule has 0 aromatic heterocycles. The summed E-state index contributed by atoms with van der Waals surface area (Å²) in [6, 6.07) is 0. The van der Waals surface area contributed by atoms with Gasteiger partial charge in [0.1, 0.15) is 0 Å². The standard InChI is InChI=1S/C9H19.CH3.Y/c1-6-9(7(2)3)8(4)5;;/h6-9H,1-5H3;1H3;/q2*-1;. The van der Waals surface area contributed by atoms with Gasteiger partial charge in [0.15, 0.2) is 0 Å². The van der Waals surface area contributed by atoms with Gasteiger partial charge in [-0.2, -0.15) is 12.8 Å². The molecule has 0 aromatic rings. The zero-order chi connectivity index (χ0) is 7.44. The molecule has 0 spiro atoms. The van der Waals surface area contributed by atoms with Gasteiger partial charge >= 0.3 is 0 Å². The van der Waals surface area contributed by atoms with Crippen LogP contribution in [0.15, 0.2) is 0 Å². The predicted octanol–water partition coefficient (Wildman–Crippen LogP) is 3.59. The molecule has 0 aliphatic carbocycles. The molecule has 0 amide bonds. The number of hydrogen-bond acceptors (Lipinski definition) is 0. The molecule has 0 saturated carbocycles. The summed E-state index contributed by atoms with van der Waals surface area (Å²) in [6.07, 6.45) is 2.31. The molecule has 0 N–H and O–H groups in total. The first-order chi connectivity index (χ1) is 4.09. The maximum absolute atomic E-state index is 2.31. The van der Waals surface area contributed by atoms with Gasteiger partial charge in [0, 0.05) is 32.7 Å². The summed E-state index contributed by atoms with van der Waals surface area (Å²) in [5.74, 6) is 2.40. The molecule has 0 aliphatic rings. The quantitative estimate of drug-likeness (QED) is 0.651. The van der Waals surface area contributed by atoms with Crippen molar-refractivity contribution in [3.63, 3.8) is 0 Å². The Morgan fingerprint density at radius 3 is 1.18 bits per heavy atom. The molecule has 0 unspecified atom stereocenters. The molecular formula is C10H22Y-2. The Morgan fingerprint density at radius 1 is 0.909 bits per heavy atom. The second-order valence-electron chi connectivity index (χ2n) is 3.40. The maximum atomic E-state index is 2.31. The van der Waals surface area contributed by atoms with Gasteiger partial charge in [-0.15, -0.1) is 0 Å². The van der Waals surface area contributed by atoms with Crippen molar-refractivity contribution < 1.29 is 32.7 Å². The molecule has 0 saturated heterocycles. The third-order valence-electron chi connectivity index (χ3n) is 1.92. The third kappa shape index (κ3) is 7.46. The number of hydrogen-bond donors (Lipinski definition) is 0.